The smallest absolute Gasteiger partial charge is 0.271 e. The molecule has 0 radical (unpaired) electrons. The van der Waals surface area contributed by atoms with Crippen LogP contribution in [-0.2, 0) is 11.3 Å². The van der Waals surface area contributed by atoms with Gasteiger partial charge in [0.05, 0.1) is 18.9 Å². The van der Waals surface area contributed by atoms with Crippen molar-refractivity contribution in [3.8, 4) is 22.2 Å². The van der Waals surface area contributed by atoms with Crippen molar-refractivity contribution < 1.29 is 9.26 Å². The number of benzene rings is 1. The van der Waals surface area contributed by atoms with Crippen molar-refractivity contribution in [1.29, 1.82) is 0 Å². The zero-order valence-electron chi connectivity index (χ0n) is 13.3. The molecule has 3 heterocycles. The van der Waals surface area contributed by atoms with Gasteiger partial charge in [-0.1, -0.05) is 27.8 Å². The fourth-order valence-corrected chi connectivity index (χ4v) is 3.27. The van der Waals surface area contributed by atoms with Crippen LogP contribution in [0.3, 0.4) is 0 Å². The lowest BCUT2D eigenvalue weighted by molar-refractivity contribution is 0.0342. The fourth-order valence-electron chi connectivity index (χ4n) is 2.69. The predicted octanol–water partition coefficient (Wildman–Crippen LogP) is 2.40. The molecule has 124 valence electrons. The summed E-state index contributed by atoms with van der Waals surface area (Å²) >= 11 is 1.26. The van der Waals surface area contributed by atoms with Crippen LogP contribution in [0.1, 0.15) is 11.3 Å². The van der Waals surface area contributed by atoms with E-state index >= 15 is 0 Å². The number of aryl methyl sites for hydroxylation is 1. The molecule has 0 spiro atoms. The third-order valence-electron chi connectivity index (χ3n) is 3.97. The summed E-state index contributed by atoms with van der Waals surface area (Å²) in [4.78, 5) is 7.69. The van der Waals surface area contributed by atoms with Crippen LogP contribution in [0.25, 0.3) is 22.2 Å². The first-order valence-corrected chi connectivity index (χ1v) is 8.59. The summed E-state index contributed by atoms with van der Waals surface area (Å²) in [6.45, 7) is 6.32. The van der Waals surface area contributed by atoms with Gasteiger partial charge in [-0.3, -0.25) is 4.90 Å². The first-order chi connectivity index (χ1) is 11.8. The first kappa shape index (κ1) is 15.4. The van der Waals surface area contributed by atoms with E-state index in [0.29, 0.717) is 11.7 Å². The lowest BCUT2D eigenvalue weighted by Crippen LogP contribution is -2.35. The Kier molecular flexibility index (Phi) is 4.33. The molecule has 0 bridgehead atoms. The van der Waals surface area contributed by atoms with Crippen LogP contribution in [0.4, 0.5) is 0 Å². The van der Waals surface area contributed by atoms with Gasteiger partial charge in [0.1, 0.15) is 4.88 Å². The topological polar surface area (TPSA) is 77.2 Å². The molecule has 7 nitrogen and oxygen atoms in total. The predicted molar refractivity (Wildman–Crippen MR) is 89.5 cm³/mol. The summed E-state index contributed by atoms with van der Waals surface area (Å²) < 4.78 is 14.7. The van der Waals surface area contributed by atoms with E-state index in [4.69, 9.17) is 9.26 Å². The monoisotopic (exact) mass is 343 g/mol. The molecule has 0 N–H and O–H groups in total. The molecular formula is C16H17N5O2S. The van der Waals surface area contributed by atoms with Crippen LogP contribution in [0.2, 0.25) is 0 Å². The Hall–Kier alpha value is -2.16. The van der Waals surface area contributed by atoms with Gasteiger partial charge in [0.25, 0.3) is 5.89 Å². The van der Waals surface area contributed by atoms with Crippen molar-refractivity contribution in [2.24, 2.45) is 0 Å². The summed E-state index contributed by atoms with van der Waals surface area (Å²) in [5.74, 6) is 1.05. The average molecular weight is 343 g/mol. The summed E-state index contributed by atoms with van der Waals surface area (Å²) in [5.41, 5.74) is 2.98. The minimum Gasteiger partial charge on any atom is -0.379 e. The number of hydrogen-bond donors (Lipinski definition) is 0. The second-order valence-electron chi connectivity index (χ2n) is 5.70. The van der Waals surface area contributed by atoms with Gasteiger partial charge in [0.15, 0.2) is 0 Å². The standard InChI is InChI=1S/C16H17N5O2S/c1-11-14(24-20-18-11)16-17-15(19-23-16)13-4-2-3-12(9-13)10-21-5-7-22-8-6-21/h2-4,9H,5-8,10H2,1H3. The third kappa shape index (κ3) is 3.21. The Bertz CT molecular complexity index is 825. The Balaban J connectivity index is 1.55. The molecule has 0 unspecified atom stereocenters. The molecule has 2 aromatic heterocycles. The van der Waals surface area contributed by atoms with E-state index in [0.717, 1.165) is 49.0 Å². The van der Waals surface area contributed by atoms with Crippen LogP contribution in [0.15, 0.2) is 28.8 Å². The molecule has 1 aromatic carbocycles. The molecule has 0 amide bonds. The van der Waals surface area contributed by atoms with Gasteiger partial charge in [0, 0.05) is 25.2 Å². The number of ether oxygens (including phenoxy) is 1. The van der Waals surface area contributed by atoms with Crippen molar-refractivity contribution in [2.75, 3.05) is 26.3 Å². The lowest BCUT2D eigenvalue weighted by atomic mass is 10.1. The summed E-state index contributed by atoms with van der Waals surface area (Å²) in [5, 5.41) is 8.08. The maximum absolute atomic E-state index is 5.39. The molecule has 0 aliphatic carbocycles. The summed E-state index contributed by atoms with van der Waals surface area (Å²) in [6.07, 6.45) is 0. The zero-order valence-corrected chi connectivity index (χ0v) is 14.1. The zero-order chi connectivity index (χ0) is 16.4. The second kappa shape index (κ2) is 6.76. The lowest BCUT2D eigenvalue weighted by Gasteiger charge is -2.26. The number of nitrogens with zero attached hydrogens (tertiary/aromatic N) is 5. The van der Waals surface area contributed by atoms with Crippen LogP contribution in [-0.4, -0.2) is 50.9 Å². The average Bonchev–Trinajstić information content (AvgIpc) is 3.25. The van der Waals surface area contributed by atoms with Gasteiger partial charge in [-0.05, 0) is 30.1 Å². The molecule has 8 heteroatoms. The van der Waals surface area contributed by atoms with Gasteiger partial charge in [-0.25, -0.2) is 0 Å². The van der Waals surface area contributed by atoms with E-state index in [1.807, 2.05) is 19.1 Å². The number of hydrogen-bond acceptors (Lipinski definition) is 8. The quantitative estimate of drug-likeness (QED) is 0.720. The molecule has 1 saturated heterocycles. The van der Waals surface area contributed by atoms with E-state index in [-0.39, 0.29) is 0 Å². The minimum atomic E-state index is 0.469. The van der Waals surface area contributed by atoms with E-state index in [2.05, 4.69) is 36.8 Å². The highest BCUT2D eigenvalue weighted by Crippen LogP contribution is 2.26. The largest absolute Gasteiger partial charge is 0.379 e. The summed E-state index contributed by atoms with van der Waals surface area (Å²) in [6, 6.07) is 8.26. The van der Waals surface area contributed by atoms with Crippen LogP contribution >= 0.6 is 11.5 Å². The van der Waals surface area contributed by atoms with E-state index in [9.17, 15) is 0 Å². The van der Waals surface area contributed by atoms with Crippen molar-refractivity contribution in [1.82, 2.24) is 24.6 Å². The van der Waals surface area contributed by atoms with Crippen LogP contribution < -0.4 is 0 Å². The van der Waals surface area contributed by atoms with Gasteiger partial charge in [-0.15, -0.1) is 5.10 Å². The molecule has 0 saturated carbocycles. The van der Waals surface area contributed by atoms with Crippen molar-refractivity contribution in [3.05, 3.63) is 35.5 Å². The SMILES string of the molecule is Cc1nnsc1-c1nc(-c2cccc(CN3CCOCC3)c2)no1. The molecule has 1 aliphatic rings. The Labute approximate surface area is 143 Å². The highest BCUT2D eigenvalue weighted by atomic mass is 32.1. The fraction of sp³-hybridized carbons (Fsp3) is 0.375. The van der Waals surface area contributed by atoms with Gasteiger partial charge in [-0.2, -0.15) is 4.98 Å². The third-order valence-corrected chi connectivity index (χ3v) is 4.78. The van der Waals surface area contributed by atoms with E-state index in [1.165, 1.54) is 17.1 Å². The Morgan fingerprint density at radius 3 is 2.92 bits per heavy atom. The van der Waals surface area contributed by atoms with Gasteiger partial charge < -0.3 is 9.26 Å². The Morgan fingerprint density at radius 2 is 2.12 bits per heavy atom. The number of aromatic nitrogens is 4. The molecular weight excluding hydrogens is 326 g/mol. The highest BCUT2D eigenvalue weighted by molar-refractivity contribution is 7.09. The molecule has 1 aliphatic heterocycles. The highest BCUT2D eigenvalue weighted by Gasteiger charge is 2.16. The van der Waals surface area contributed by atoms with Crippen LogP contribution in [0.5, 0.6) is 0 Å². The first-order valence-electron chi connectivity index (χ1n) is 7.82. The molecule has 24 heavy (non-hydrogen) atoms. The molecule has 0 atom stereocenters. The maximum Gasteiger partial charge on any atom is 0.271 e. The molecule has 1 fully saturated rings. The summed E-state index contributed by atoms with van der Waals surface area (Å²) in [7, 11) is 0. The maximum atomic E-state index is 5.39. The Morgan fingerprint density at radius 1 is 1.25 bits per heavy atom. The van der Waals surface area contributed by atoms with E-state index < -0.39 is 0 Å². The van der Waals surface area contributed by atoms with Crippen molar-refractivity contribution in [3.63, 3.8) is 0 Å². The minimum absolute atomic E-state index is 0.469. The number of morpholine rings is 1. The van der Waals surface area contributed by atoms with E-state index in [1.54, 1.807) is 0 Å². The van der Waals surface area contributed by atoms with Gasteiger partial charge in [0.2, 0.25) is 5.82 Å². The normalized spacial score (nSPS) is 15.7. The van der Waals surface area contributed by atoms with Gasteiger partial charge >= 0.3 is 0 Å². The number of rotatable bonds is 4. The van der Waals surface area contributed by atoms with Crippen molar-refractivity contribution >= 4 is 11.5 Å². The van der Waals surface area contributed by atoms with Crippen LogP contribution in [0, 0.1) is 6.92 Å². The van der Waals surface area contributed by atoms with Crippen molar-refractivity contribution in [2.45, 2.75) is 13.5 Å². The molecule has 4 rings (SSSR count). The second-order valence-corrected chi connectivity index (χ2v) is 6.45. The molecule has 3 aromatic rings.